The number of pyridine rings is 1. The summed E-state index contributed by atoms with van der Waals surface area (Å²) in [4.78, 5) is 3.81. The topological polar surface area (TPSA) is 36.7 Å². The van der Waals surface area contributed by atoms with E-state index in [4.69, 9.17) is 16.9 Å². The minimum atomic E-state index is -0.725. The van der Waals surface area contributed by atoms with Crippen LogP contribution in [0.5, 0.6) is 0 Å². The summed E-state index contributed by atoms with van der Waals surface area (Å²) in [5, 5.41) is 8.77. The molecular formula is C12H5ClF2N2. The van der Waals surface area contributed by atoms with Gasteiger partial charge >= 0.3 is 0 Å². The lowest BCUT2D eigenvalue weighted by molar-refractivity contribution is 0.622. The molecule has 0 aliphatic heterocycles. The van der Waals surface area contributed by atoms with E-state index in [1.165, 1.54) is 18.3 Å². The zero-order valence-corrected chi connectivity index (χ0v) is 9.17. The van der Waals surface area contributed by atoms with Gasteiger partial charge in [0, 0.05) is 11.8 Å². The molecule has 0 atom stereocenters. The normalized spacial score (nSPS) is 10.0. The van der Waals surface area contributed by atoms with Crippen LogP contribution in [0.15, 0.2) is 30.5 Å². The molecule has 2 nitrogen and oxygen atoms in total. The molecule has 0 spiro atoms. The van der Waals surface area contributed by atoms with Gasteiger partial charge in [0.2, 0.25) is 0 Å². The zero-order chi connectivity index (χ0) is 12.4. The number of nitriles is 1. The molecule has 1 aromatic carbocycles. The first-order valence-corrected chi connectivity index (χ1v) is 5.01. The van der Waals surface area contributed by atoms with Crippen LogP contribution >= 0.6 is 11.6 Å². The minimum absolute atomic E-state index is 0.0127. The van der Waals surface area contributed by atoms with Gasteiger partial charge in [-0.3, -0.25) is 4.98 Å². The van der Waals surface area contributed by atoms with Crippen molar-refractivity contribution in [3.05, 3.63) is 52.7 Å². The van der Waals surface area contributed by atoms with Gasteiger partial charge in [-0.25, -0.2) is 8.78 Å². The van der Waals surface area contributed by atoms with Crippen LogP contribution in [-0.2, 0) is 0 Å². The van der Waals surface area contributed by atoms with Crippen molar-refractivity contribution in [3.8, 4) is 17.3 Å². The van der Waals surface area contributed by atoms with Gasteiger partial charge in [0.25, 0.3) is 0 Å². The molecule has 0 bridgehead atoms. The molecule has 84 valence electrons. The standard InChI is InChI=1S/C12H5ClF2N2/c13-10-3-4-17-12(11(10)15)9-2-1-8(14)5-7(9)6-16/h1-5H. The molecule has 0 aliphatic carbocycles. The summed E-state index contributed by atoms with van der Waals surface area (Å²) in [7, 11) is 0. The van der Waals surface area contributed by atoms with Crippen LogP contribution in [0.3, 0.4) is 0 Å². The van der Waals surface area contributed by atoms with E-state index in [1.54, 1.807) is 6.07 Å². The van der Waals surface area contributed by atoms with Gasteiger partial charge in [-0.1, -0.05) is 11.6 Å². The Morgan fingerprint density at radius 2 is 2.00 bits per heavy atom. The maximum Gasteiger partial charge on any atom is 0.168 e. The molecule has 1 aromatic heterocycles. The fourth-order valence-corrected chi connectivity index (χ4v) is 1.57. The summed E-state index contributed by atoms with van der Waals surface area (Å²) in [5.74, 6) is -1.29. The fraction of sp³-hybridized carbons (Fsp3) is 0. The van der Waals surface area contributed by atoms with Gasteiger partial charge < -0.3 is 0 Å². The van der Waals surface area contributed by atoms with Gasteiger partial charge in [-0.05, 0) is 24.3 Å². The second-order valence-electron chi connectivity index (χ2n) is 3.26. The van der Waals surface area contributed by atoms with Crippen molar-refractivity contribution >= 4 is 11.6 Å². The highest BCUT2D eigenvalue weighted by Crippen LogP contribution is 2.28. The lowest BCUT2D eigenvalue weighted by Gasteiger charge is -2.05. The molecule has 0 unspecified atom stereocenters. The molecule has 2 aromatic rings. The second-order valence-corrected chi connectivity index (χ2v) is 3.66. The number of halogens is 3. The molecule has 0 radical (unpaired) electrons. The van der Waals surface area contributed by atoms with E-state index in [1.807, 2.05) is 0 Å². The molecule has 0 aliphatic rings. The second kappa shape index (κ2) is 4.48. The van der Waals surface area contributed by atoms with E-state index in [-0.39, 0.29) is 21.8 Å². The minimum Gasteiger partial charge on any atom is -0.253 e. The van der Waals surface area contributed by atoms with Gasteiger partial charge in [0.15, 0.2) is 5.82 Å². The molecule has 17 heavy (non-hydrogen) atoms. The lowest BCUT2D eigenvalue weighted by Crippen LogP contribution is -1.93. The summed E-state index contributed by atoms with van der Waals surface area (Å²) in [6, 6.07) is 6.56. The quantitative estimate of drug-likeness (QED) is 0.776. The van der Waals surface area contributed by atoms with Crippen molar-refractivity contribution in [2.24, 2.45) is 0 Å². The molecule has 0 saturated carbocycles. The van der Waals surface area contributed by atoms with E-state index in [0.29, 0.717) is 0 Å². The average molecular weight is 251 g/mol. The highest BCUT2D eigenvalue weighted by Gasteiger charge is 2.14. The first kappa shape index (κ1) is 11.5. The summed E-state index contributed by atoms with van der Waals surface area (Å²) < 4.78 is 26.6. The van der Waals surface area contributed by atoms with E-state index in [9.17, 15) is 8.78 Å². The van der Waals surface area contributed by atoms with E-state index in [2.05, 4.69) is 4.98 Å². The summed E-state index contributed by atoms with van der Waals surface area (Å²) in [5.41, 5.74) is 0.168. The van der Waals surface area contributed by atoms with Crippen molar-refractivity contribution in [1.82, 2.24) is 4.98 Å². The van der Waals surface area contributed by atoms with Crippen LogP contribution in [0.4, 0.5) is 8.78 Å². The fourth-order valence-electron chi connectivity index (χ4n) is 1.42. The Kier molecular flexibility index (Phi) is 3.03. The van der Waals surface area contributed by atoms with E-state index < -0.39 is 11.6 Å². The number of hydrogen-bond acceptors (Lipinski definition) is 2. The van der Waals surface area contributed by atoms with Gasteiger partial charge in [0.1, 0.15) is 11.5 Å². The number of rotatable bonds is 1. The number of benzene rings is 1. The maximum absolute atomic E-state index is 13.7. The van der Waals surface area contributed by atoms with Crippen LogP contribution in [0.1, 0.15) is 5.56 Å². The first-order chi connectivity index (χ1) is 8.13. The third kappa shape index (κ3) is 2.10. The summed E-state index contributed by atoms with van der Waals surface area (Å²) >= 11 is 5.62. The molecule has 1 heterocycles. The third-order valence-electron chi connectivity index (χ3n) is 2.20. The molecular weight excluding hydrogens is 246 g/mol. The van der Waals surface area contributed by atoms with Crippen LogP contribution in [-0.4, -0.2) is 4.98 Å². The van der Waals surface area contributed by atoms with Crippen molar-refractivity contribution in [2.45, 2.75) is 0 Å². The predicted molar refractivity (Wildman–Crippen MR) is 59.3 cm³/mol. The van der Waals surface area contributed by atoms with Crippen LogP contribution in [0.2, 0.25) is 5.02 Å². The van der Waals surface area contributed by atoms with Crippen molar-refractivity contribution < 1.29 is 8.78 Å². The van der Waals surface area contributed by atoms with Crippen molar-refractivity contribution in [3.63, 3.8) is 0 Å². The Bertz CT molecular complexity index is 620. The highest BCUT2D eigenvalue weighted by molar-refractivity contribution is 6.31. The number of nitrogens with zero attached hydrogens (tertiary/aromatic N) is 2. The molecule has 0 saturated heterocycles. The molecule has 0 fully saturated rings. The van der Waals surface area contributed by atoms with Crippen molar-refractivity contribution in [1.29, 1.82) is 5.26 Å². The van der Waals surface area contributed by atoms with Crippen LogP contribution < -0.4 is 0 Å². The maximum atomic E-state index is 13.7. The molecule has 0 amide bonds. The predicted octanol–water partition coefficient (Wildman–Crippen LogP) is 3.55. The monoisotopic (exact) mass is 250 g/mol. The van der Waals surface area contributed by atoms with Crippen molar-refractivity contribution in [2.75, 3.05) is 0 Å². The molecule has 5 heteroatoms. The highest BCUT2D eigenvalue weighted by atomic mass is 35.5. The van der Waals surface area contributed by atoms with E-state index in [0.717, 1.165) is 12.1 Å². The van der Waals surface area contributed by atoms with E-state index >= 15 is 0 Å². The third-order valence-corrected chi connectivity index (χ3v) is 2.49. The van der Waals surface area contributed by atoms with Gasteiger partial charge in [0.05, 0.1) is 16.7 Å². The number of aromatic nitrogens is 1. The van der Waals surface area contributed by atoms with Gasteiger partial charge in [-0.15, -0.1) is 0 Å². The Hall–Kier alpha value is -1.99. The first-order valence-electron chi connectivity index (χ1n) is 4.63. The SMILES string of the molecule is N#Cc1cc(F)ccc1-c1nccc(Cl)c1F. The average Bonchev–Trinajstić information content (AvgIpc) is 2.33. The van der Waals surface area contributed by atoms with Crippen LogP contribution in [0.25, 0.3) is 11.3 Å². The van der Waals surface area contributed by atoms with Crippen LogP contribution in [0, 0.1) is 23.0 Å². The molecule has 2 rings (SSSR count). The molecule has 0 N–H and O–H groups in total. The Morgan fingerprint density at radius 1 is 1.24 bits per heavy atom. The largest absolute Gasteiger partial charge is 0.253 e. The summed E-state index contributed by atoms with van der Waals surface area (Å²) in [6.07, 6.45) is 1.32. The zero-order valence-electron chi connectivity index (χ0n) is 8.42. The van der Waals surface area contributed by atoms with Gasteiger partial charge in [-0.2, -0.15) is 5.26 Å². The number of hydrogen-bond donors (Lipinski definition) is 0. The summed E-state index contributed by atoms with van der Waals surface area (Å²) in [6.45, 7) is 0. The Labute approximate surface area is 101 Å². The Morgan fingerprint density at radius 3 is 2.71 bits per heavy atom. The Balaban J connectivity index is 2.69. The lowest BCUT2D eigenvalue weighted by atomic mass is 10.0. The smallest absolute Gasteiger partial charge is 0.168 e.